The number of carbonyl (C=O) groups excluding carboxylic acids is 1. The molecule has 0 atom stereocenters. The number of hydrogen-bond donors (Lipinski definition) is 2. The molecule has 18 heavy (non-hydrogen) atoms. The summed E-state index contributed by atoms with van der Waals surface area (Å²) in [6, 6.07) is 2.09. The largest absolute Gasteiger partial charge is 0.383 e. The Morgan fingerprint density at radius 3 is 3.00 bits per heavy atom. The van der Waals surface area contributed by atoms with Gasteiger partial charge in [-0.15, -0.1) is 0 Å². The molecule has 0 radical (unpaired) electrons. The number of carbonyl (C=O) groups is 1. The van der Waals surface area contributed by atoms with E-state index in [1.54, 1.807) is 14.0 Å². The maximum atomic E-state index is 11.4. The fourth-order valence-electron chi connectivity index (χ4n) is 1.29. The summed E-state index contributed by atoms with van der Waals surface area (Å²) in [7, 11) is 1.59. The first-order valence-electron chi connectivity index (χ1n) is 5.55. The first-order valence-corrected chi connectivity index (χ1v) is 6.32. The highest BCUT2D eigenvalue weighted by Gasteiger charge is 2.09. The number of methoxy groups -OCH3 is 1. The van der Waals surface area contributed by atoms with Crippen molar-refractivity contribution in [3.8, 4) is 6.07 Å². The number of aryl methyl sites for hydroxylation is 1. The van der Waals surface area contributed by atoms with Crippen LogP contribution >= 0.6 is 11.5 Å². The number of rotatable bonds is 7. The van der Waals surface area contributed by atoms with Gasteiger partial charge in [-0.05, 0) is 18.5 Å². The molecule has 0 aliphatic heterocycles. The summed E-state index contributed by atoms with van der Waals surface area (Å²) in [5.74, 6) is -0.0423. The summed E-state index contributed by atoms with van der Waals surface area (Å²) in [5, 5.41) is 15.4. The lowest BCUT2D eigenvalue weighted by atomic mass is 10.3. The van der Waals surface area contributed by atoms with Crippen LogP contribution in [0.15, 0.2) is 0 Å². The second kappa shape index (κ2) is 7.63. The zero-order valence-electron chi connectivity index (χ0n) is 10.4. The van der Waals surface area contributed by atoms with Crippen molar-refractivity contribution in [2.24, 2.45) is 0 Å². The van der Waals surface area contributed by atoms with E-state index in [4.69, 9.17) is 10.00 Å². The lowest BCUT2D eigenvalue weighted by Crippen LogP contribution is -2.28. The van der Waals surface area contributed by atoms with E-state index in [9.17, 15) is 4.79 Å². The second-order valence-corrected chi connectivity index (χ2v) is 4.38. The molecule has 1 aromatic rings. The van der Waals surface area contributed by atoms with Gasteiger partial charge in [-0.1, -0.05) is 0 Å². The predicted octanol–water partition coefficient (Wildman–Crippen LogP) is 0.888. The van der Waals surface area contributed by atoms with Crippen LogP contribution in [0.4, 0.5) is 5.00 Å². The van der Waals surface area contributed by atoms with Crippen molar-refractivity contribution in [3.05, 3.63) is 11.3 Å². The first-order chi connectivity index (χ1) is 8.69. The van der Waals surface area contributed by atoms with Crippen molar-refractivity contribution in [1.29, 1.82) is 5.26 Å². The minimum absolute atomic E-state index is 0.0423. The number of nitrogens with zero attached hydrogens (tertiary/aromatic N) is 2. The van der Waals surface area contributed by atoms with Gasteiger partial charge in [-0.25, -0.2) is 0 Å². The van der Waals surface area contributed by atoms with Gasteiger partial charge >= 0.3 is 0 Å². The number of ether oxygens (including phenoxy) is 1. The zero-order valence-corrected chi connectivity index (χ0v) is 11.3. The van der Waals surface area contributed by atoms with Crippen LogP contribution in [-0.4, -0.2) is 37.1 Å². The van der Waals surface area contributed by atoms with Crippen molar-refractivity contribution in [1.82, 2.24) is 9.69 Å². The van der Waals surface area contributed by atoms with E-state index in [-0.39, 0.29) is 5.91 Å². The number of hydrogen-bond acceptors (Lipinski definition) is 6. The summed E-state index contributed by atoms with van der Waals surface area (Å²) in [4.78, 5) is 11.4. The first kappa shape index (κ1) is 14.4. The standard InChI is InChI=1S/C11H16N4O2S/c1-8-9(7-12)11(18-15-8)14-4-3-10(16)13-5-6-17-2/h14H,3-6H2,1-2H3,(H,13,16). The molecule has 1 amide bonds. The molecule has 1 aromatic heterocycles. The highest BCUT2D eigenvalue weighted by Crippen LogP contribution is 2.22. The van der Waals surface area contributed by atoms with Gasteiger partial charge in [0.25, 0.3) is 0 Å². The fourth-order valence-corrected chi connectivity index (χ4v) is 2.06. The third-order valence-electron chi connectivity index (χ3n) is 2.24. The van der Waals surface area contributed by atoms with Crippen molar-refractivity contribution in [2.75, 3.05) is 32.1 Å². The Hall–Kier alpha value is -1.65. The van der Waals surface area contributed by atoms with Crippen LogP contribution < -0.4 is 10.6 Å². The highest BCUT2D eigenvalue weighted by molar-refractivity contribution is 7.10. The Morgan fingerprint density at radius 2 is 2.33 bits per heavy atom. The lowest BCUT2D eigenvalue weighted by Gasteiger charge is -2.05. The Morgan fingerprint density at radius 1 is 1.56 bits per heavy atom. The SMILES string of the molecule is COCCNC(=O)CCNc1snc(C)c1C#N. The van der Waals surface area contributed by atoms with E-state index in [1.807, 2.05) is 0 Å². The molecular formula is C11H16N4O2S. The molecule has 0 bridgehead atoms. The number of nitriles is 1. The Kier molecular flexibility index (Phi) is 6.11. The normalized spacial score (nSPS) is 9.83. The molecule has 0 spiro atoms. The number of amides is 1. The van der Waals surface area contributed by atoms with Crippen molar-refractivity contribution in [2.45, 2.75) is 13.3 Å². The molecule has 1 rings (SSSR count). The topological polar surface area (TPSA) is 87.0 Å². The van der Waals surface area contributed by atoms with Crippen LogP contribution in [0.25, 0.3) is 0 Å². The maximum absolute atomic E-state index is 11.4. The smallest absolute Gasteiger partial charge is 0.221 e. The predicted molar refractivity (Wildman–Crippen MR) is 69.6 cm³/mol. The van der Waals surface area contributed by atoms with Gasteiger partial charge in [0.2, 0.25) is 5.91 Å². The molecule has 6 nitrogen and oxygen atoms in total. The Balaban J connectivity index is 2.29. The summed E-state index contributed by atoms with van der Waals surface area (Å²) >= 11 is 1.24. The second-order valence-electron chi connectivity index (χ2n) is 3.60. The monoisotopic (exact) mass is 268 g/mol. The van der Waals surface area contributed by atoms with Crippen molar-refractivity contribution < 1.29 is 9.53 Å². The van der Waals surface area contributed by atoms with Crippen molar-refractivity contribution >= 4 is 22.4 Å². The van der Waals surface area contributed by atoms with E-state index in [0.717, 1.165) is 10.7 Å². The average molecular weight is 268 g/mol. The van der Waals surface area contributed by atoms with Gasteiger partial charge in [0.05, 0.1) is 12.3 Å². The fraction of sp³-hybridized carbons (Fsp3) is 0.545. The average Bonchev–Trinajstić information content (AvgIpc) is 2.70. The highest BCUT2D eigenvalue weighted by atomic mass is 32.1. The van der Waals surface area contributed by atoms with Crippen LogP contribution in [0.1, 0.15) is 17.7 Å². The quantitative estimate of drug-likeness (QED) is 0.717. The summed E-state index contributed by atoms with van der Waals surface area (Å²) < 4.78 is 8.91. The number of anilines is 1. The lowest BCUT2D eigenvalue weighted by molar-refractivity contribution is -0.121. The Labute approximate surface area is 110 Å². The van der Waals surface area contributed by atoms with Crippen LogP contribution in [0.3, 0.4) is 0 Å². The van der Waals surface area contributed by atoms with Crippen molar-refractivity contribution in [3.63, 3.8) is 0 Å². The minimum atomic E-state index is -0.0423. The van der Waals surface area contributed by atoms with E-state index < -0.39 is 0 Å². The van der Waals surface area contributed by atoms with Gasteiger partial charge in [0.1, 0.15) is 16.6 Å². The minimum Gasteiger partial charge on any atom is -0.383 e. The maximum Gasteiger partial charge on any atom is 0.221 e. The molecule has 2 N–H and O–H groups in total. The van der Waals surface area contributed by atoms with E-state index in [1.165, 1.54) is 11.5 Å². The molecule has 1 heterocycles. The molecule has 0 aromatic carbocycles. The van der Waals surface area contributed by atoms with Crippen LogP contribution in [0.2, 0.25) is 0 Å². The molecule has 0 unspecified atom stereocenters. The number of aromatic nitrogens is 1. The molecule has 0 saturated carbocycles. The molecule has 98 valence electrons. The zero-order chi connectivity index (χ0) is 13.4. The van der Waals surface area contributed by atoms with Crippen LogP contribution in [0, 0.1) is 18.3 Å². The van der Waals surface area contributed by atoms with Gasteiger partial charge in [0, 0.05) is 26.6 Å². The molecule has 0 aliphatic rings. The van der Waals surface area contributed by atoms with Gasteiger partial charge in [0.15, 0.2) is 0 Å². The van der Waals surface area contributed by atoms with E-state index in [0.29, 0.717) is 31.7 Å². The molecule has 0 fully saturated rings. The van der Waals surface area contributed by atoms with Crippen LogP contribution in [-0.2, 0) is 9.53 Å². The summed E-state index contributed by atoms with van der Waals surface area (Å²) in [5.41, 5.74) is 1.27. The van der Waals surface area contributed by atoms with E-state index in [2.05, 4.69) is 21.1 Å². The third-order valence-corrected chi connectivity index (χ3v) is 3.14. The summed E-state index contributed by atoms with van der Waals surface area (Å²) in [6.07, 6.45) is 0.353. The van der Waals surface area contributed by atoms with Gasteiger partial charge < -0.3 is 15.4 Å². The molecular weight excluding hydrogens is 252 g/mol. The van der Waals surface area contributed by atoms with Gasteiger partial charge in [-0.3, -0.25) is 4.79 Å². The Bertz CT molecular complexity index is 439. The molecule has 0 aliphatic carbocycles. The summed E-state index contributed by atoms with van der Waals surface area (Å²) in [6.45, 7) is 3.29. The third kappa shape index (κ3) is 4.31. The molecule has 0 saturated heterocycles. The number of nitrogens with one attached hydrogen (secondary N) is 2. The van der Waals surface area contributed by atoms with Gasteiger partial charge in [-0.2, -0.15) is 9.64 Å². The molecule has 7 heteroatoms. The van der Waals surface area contributed by atoms with Crippen LogP contribution in [0.5, 0.6) is 0 Å². The van der Waals surface area contributed by atoms with E-state index >= 15 is 0 Å².